The van der Waals surface area contributed by atoms with Gasteiger partial charge < -0.3 is 10.1 Å². The Morgan fingerprint density at radius 3 is 2.76 bits per heavy atom. The minimum absolute atomic E-state index is 0.0343. The molecule has 1 saturated heterocycles. The predicted octanol–water partition coefficient (Wildman–Crippen LogP) is 1.28. The third-order valence-corrected chi connectivity index (χ3v) is 3.29. The van der Waals surface area contributed by atoms with Gasteiger partial charge in [-0.1, -0.05) is 0 Å². The third-order valence-electron chi connectivity index (χ3n) is 3.29. The number of aromatic amines is 1. The molecule has 1 aromatic rings. The first-order valence-corrected chi connectivity index (χ1v) is 6.17. The summed E-state index contributed by atoms with van der Waals surface area (Å²) in [6.07, 6.45) is 3.45. The van der Waals surface area contributed by atoms with Crippen molar-refractivity contribution in [1.82, 2.24) is 20.5 Å². The van der Waals surface area contributed by atoms with Gasteiger partial charge in [0, 0.05) is 19.0 Å². The van der Waals surface area contributed by atoms with Crippen LogP contribution in [0.2, 0.25) is 0 Å². The van der Waals surface area contributed by atoms with Gasteiger partial charge in [0.15, 0.2) is 0 Å². The Hall–Kier alpha value is -0.940. The van der Waals surface area contributed by atoms with Gasteiger partial charge in [-0.25, -0.2) is 4.98 Å². The van der Waals surface area contributed by atoms with E-state index in [2.05, 4.69) is 48.2 Å². The van der Waals surface area contributed by atoms with Crippen LogP contribution >= 0.6 is 0 Å². The Morgan fingerprint density at radius 1 is 1.47 bits per heavy atom. The van der Waals surface area contributed by atoms with Crippen molar-refractivity contribution in [3.63, 3.8) is 0 Å². The van der Waals surface area contributed by atoms with Crippen LogP contribution in [0.1, 0.15) is 39.9 Å². The Bertz CT molecular complexity index is 359. The lowest BCUT2D eigenvalue weighted by Crippen LogP contribution is -2.44. The first-order valence-electron chi connectivity index (χ1n) is 6.17. The van der Waals surface area contributed by atoms with Gasteiger partial charge in [-0.05, 0) is 34.1 Å². The zero-order valence-electron chi connectivity index (χ0n) is 11.1. The first kappa shape index (κ1) is 12.5. The van der Waals surface area contributed by atoms with Crippen LogP contribution in [0.5, 0.6) is 0 Å². The van der Waals surface area contributed by atoms with E-state index in [-0.39, 0.29) is 11.2 Å². The van der Waals surface area contributed by atoms with Crippen LogP contribution in [0, 0.1) is 0 Å². The topological polar surface area (TPSA) is 62.8 Å². The van der Waals surface area contributed by atoms with Gasteiger partial charge in [0.05, 0.1) is 11.2 Å². The van der Waals surface area contributed by atoms with E-state index in [0.717, 1.165) is 25.2 Å². The molecule has 1 atom stereocenters. The number of aromatic nitrogens is 3. The van der Waals surface area contributed by atoms with Crippen molar-refractivity contribution in [1.29, 1.82) is 0 Å². The second kappa shape index (κ2) is 4.38. The molecule has 1 aromatic heterocycles. The van der Waals surface area contributed by atoms with E-state index in [1.165, 1.54) is 0 Å². The molecule has 2 heterocycles. The maximum atomic E-state index is 6.04. The average molecular weight is 238 g/mol. The summed E-state index contributed by atoms with van der Waals surface area (Å²) in [6, 6.07) is 0.389. The molecule has 0 amide bonds. The van der Waals surface area contributed by atoms with Crippen molar-refractivity contribution in [2.75, 3.05) is 6.54 Å². The Kier molecular flexibility index (Phi) is 3.23. The maximum absolute atomic E-state index is 6.04. The fourth-order valence-corrected chi connectivity index (χ4v) is 2.60. The average Bonchev–Trinajstić information content (AvgIpc) is 2.72. The van der Waals surface area contributed by atoms with Crippen molar-refractivity contribution in [2.24, 2.45) is 0 Å². The highest BCUT2D eigenvalue weighted by Crippen LogP contribution is 2.37. The van der Waals surface area contributed by atoms with Crippen LogP contribution in [0.25, 0.3) is 0 Å². The zero-order valence-corrected chi connectivity index (χ0v) is 11.1. The quantitative estimate of drug-likeness (QED) is 0.829. The molecule has 5 nitrogen and oxygen atoms in total. The number of nitrogens with one attached hydrogen (secondary N) is 2. The molecule has 1 aliphatic heterocycles. The standard InChI is InChI=1S/C12H22N4O/c1-11(2)7-9(12(3,4)17-11)13-6-5-10-14-8-15-16-10/h8-9,13H,5-7H2,1-4H3,(H,14,15,16). The molecule has 0 radical (unpaired) electrons. The highest BCUT2D eigenvalue weighted by Gasteiger charge is 2.45. The molecular formula is C12H22N4O. The number of hydrogen-bond acceptors (Lipinski definition) is 4. The smallest absolute Gasteiger partial charge is 0.137 e. The highest BCUT2D eigenvalue weighted by atomic mass is 16.5. The number of hydrogen-bond donors (Lipinski definition) is 2. The summed E-state index contributed by atoms with van der Waals surface area (Å²) in [5.41, 5.74) is -0.141. The lowest BCUT2D eigenvalue weighted by molar-refractivity contribution is -0.0697. The second-order valence-corrected chi connectivity index (χ2v) is 5.86. The van der Waals surface area contributed by atoms with Crippen LogP contribution < -0.4 is 5.32 Å². The third kappa shape index (κ3) is 3.04. The number of ether oxygens (including phenoxy) is 1. The molecule has 1 unspecified atom stereocenters. The van der Waals surface area contributed by atoms with E-state index in [1.807, 2.05) is 0 Å². The van der Waals surface area contributed by atoms with Crippen molar-refractivity contribution in [3.05, 3.63) is 12.2 Å². The van der Waals surface area contributed by atoms with Crippen molar-refractivity contribution in [2.45, 2.75) is 57.8 Å². The van der Waals surface area contributed by atoms with Crippen LogP contribution in [-0.2, 0) is 11.2 Å². The molecule has 0 aliphatic carbocycles. The monoisotopic (exact) mass is 238 g/mol. The Morgan fingerprint density at radius 2 is 2.24 bits per heavy atom. The molecule has 0 aromatic carbocycles. The van der Waals surface area contributed by atoms with Gasteiger partial charge >= 0.3 is 0 Å². The minimum Gasteiger partial charge on any atom is -0.368 e. The Labute approximate surface area is 102 Å². The summed E-state index contributed by atoms with van der Waals surface area (Å²) in [7, 11) is 0. The summed E-state index contributed by atoms with van der Waals surface area (Å²) < 4.78 is 6.04. The van der Waals surface area contributed by atoms with E-state index in [0.29, 0.717) is 6.04 Å². The normalized spacial score (nSPS) is 26.2. The highest BCUT2D eigenvalue weighted by molar-refractivity contribution is 4.99. The summed E-state index contributed by atoms with van der Waals surface area (Å²) in [6.45, 7) is 9.48. The van der Waals surface area contributed by atoms with E-state index in [9.17, 15) is 0 Å². The van der Waals surface area contributed by atoms with Gasteiger partial charge in [0.25, 0.3) is 0 Å². The Balaban J connectivity index is 1.83. The first-order chi connectivity index (χ1) is 7.89. The molecule has 96 valence electrons. The van der Waals surface area contributed by atoms with E-state index >= 15 is 0 Å². The molecule has 2 N–H and O–H groups in total. The van der Waals surface area contributed by atoms with Crippen LogP contribution in [0.4, 0.5) is 0 Å². The second-order valence-electron chi connectivity index (χ2n) is 5.86. The minimum atomic E-state index is -0.106. The molecule has 1 aliphatic rings. The van der Waals surface area contributed by atoms with E-state index in [1.54, 1.807) is 6.33 Å². The molecule has 1 fully saturated rings. The number of rotatable bonds is 4. The molecule has 2 rings (SSSR count). The summed E-state index contributed by atoms with van der Waals surface area (Å²) >= 11 is 0. The summed E-state index contributed by atoms with van der Waals surface area (Å²) in [5, 5.41) is 10.3. The van der Waals surface area contributed by atoms with Crippen LogP contribution in [-0.4, -0.2) is 39.0 Å². The lowest BCUT2D eigenvalue weighted by atomic mass is 9.94. The molecule has 0 saturated carbocycles. The van der Waals surface area contributed by atoms with E-state index < -0.39 is 0 Å². The number of nitrogens with zero attached hydrogens (tertiary/aromatic N) is 2. The van der Waals surface area contributed by atoms with Crippen molar-refractivity contribution in [3.8, 4) is 0 Å². The zero-order chi connectivity index (χ0) is 12.5. The lowest BCUT2D eigenvalue weighted by Gasteiger charge is -2.27. The van der Waals surface area contributed by atoms with Gasteiger partial charge in [-0.2, -0.15) is 5.10 Å². The van der Waals surface area contributed by atoms with Crippen LogP contribution in [0.15, 0.2) is 6.33 Å². The van der Waals surface area contributed by atoms with Gasteiger partial charge in [0.1, 0.15) is 12.2 Å². The molecule has 0 bridgehead atoms. The maximum Gasteiger partial charge on any atom is 0.137 e. The van der Waals surface area contributed by atoms with Crippen molar-refractivity contribution >= 4 is 0 Å². The van der Waals surface area contributed by atoms with Gasteiger partial charge in [-0.15, -0.1) is 0 Å². The predicted molar refractivity (Wildman–Crippen MR) is 65.7 cm³/mol. The van der Waals surface area contributed by atoms with Gasteiger partial charge in [-0.3, -0.25) is 5.10 Å². The molecular weight excluding hydrogens is 216 g/mol. The number of H-pyrrole nitrogens is 1. The SMILES string of the molecule is CC1(C)CC(NCCc2ncn[nH]2)C(C)(C)O1. The molecule has 0 spiro atoms. The summed E-state index contributed by atoms with van der Waals surface area (Å²) in [4.78, 5) is 4.11. The molecule has 5 heteroatoms. The summed E-state index contributed by atoms with van der Waals surface area (Å²) in [5.74, 6) is 0.925. The fraction of sp³-hybridized carbons (Fsp3) is 0.833. The van der Waals surface area contributed by atoms with Crippen molar-refractivity contribution < 1.29 is 4.74 Å². The van der Waals surface area contributed by atoms with Gasteiger partial charge in [0.2, 0.25) is 0 Å². The molecule has 17 heavy (non-hydrogen) atoms. The van der Waals surface area contributed by atoms with Crippen LogP contribution in [0.3, 0.4) is 0 Å². The van der Waals surface area contributed by atoms with E-state index in [4.69, 9.17) is 4.74 Å². The fourth-order valence-electron chi connectivity index (χ4n) is 2.60. The largest absolute Gasteiger partial charge is 0.368 e.